The number of benzene rings is 1. The Kier molecular flexibility index (Phi) is 2.99. The lowest BCUT2D eigenvalue weighted by Crippen LogP contribution is -2.41. The first-order valence-electron chi connectivity index (χ1n) is 6.05. The molecule has 2 aliphatic rings. The van der Waals surface area contributed by atoms with Gasteiger partial charge in [0.25, 0.3) is 5.91 Å². The van der Waals surface area contributed by atoms with Crippen molar-refractivity contribution in [2.24, 2.45) is 0 Å². The molecule has 0 radical (unpaired) electrons. The second kappa shape index (κ2) is 4.52. The number of hydrogen-bond acceptors (Lipinski definition) is 2. The van der Waals surface area contributed by atoms with Crippen molar-refractivity contribution in [3.05, 3.63) is 34.6 Å². The van der Waals surface area contributed by atoms with Crippen LogP contribution in [0.25, 0.3) is 0 Å². The van der Waals surface area contributed by atoms with E-state index >= 15 is 0 Å². The molecular weight excluding hydrogens is 257 g/mol. The van der Waals surface area contributed by atoms with E-state index in [0.717, 1.165) is 19.3 Å². The Bertz CT molecular complexity index is 494. The monoisotopic (exact) mass is 269 g/mol. The van der Waals surface area contributed by atoms with E-state index in [9.17, 15) is 9.18 Å². The van der Waals surface area contributed by atoms with Crippen LogP contribution in [0.3, 0.4) is 0 Å². The normalized spacial score (nSPS) is 29.6. The van der Waals surface area contributed by atoms with E-state index in [1.165, 1.54) is 18.2 Å². The van der Waals surface area contributed by atoms with Crippen molar-refractivity contribution in [3.63, 3.8) is 0 Å². The summed E-state index contributed by atoms with van der Waals surface area (Å²) in [5.41, 5.74) is -0.00901. The van der Waals surface area contributed by atoms with Crippen molar-refractivity contribution in [3.8, 4) is 0 Å². The fourth-order valence-electron chi connectivity index (χ4n) is 2.71. The summed E-state index contributed by atoms with van der Waals surface area (Å²) in [6, 6.07) is 3.97. The lowest BCUT2D eigenvalue weighted by atomic mass is 9.95. The second-order valence-electron chi connectivity index (χ2n) is 4.81. The Morgan fingerprint density at radius 2 is 2.28 bits per heavy atom. The van der Waals surface area contributed by atoms with Crippen molar-refractivity contribution in [2.75, 3.05) is 0 Å². The minimum absolute atomic E-state index is 0.00497. The summed E-state index contributed by atoms with van der Waals surface area (Å²) in [5.74, 6) is -0.975. The highest BCUT2D eigenvalue weighted by Crippen LogP contribution is 2.34. The van der Waals surface area contributed by atoms with Gasteiger partial charge in [-0.3, -0.25) is 4.79 Å². The molecular formula is C13H13ClFNO2. The molecule has 5 heteroatoms. The number of carbonyl (C=O) groups excluding carboxylic acids is 1. The number of halogens is 2. The molecule has 18 heavy (non-hydrogen) atoms. The van der Waals surface area contributed by atoms with Gasteiger partial charge in [0, 0.05) is 5.02 Å². The summed E-state index contributed by atoms with van der Waals surface area (Å²) in [7, 11) is 0. The number of carbonyl (C=O) groups is 1. The molecule has 0 aliphatic carbocycles. The third-order valence-corrected chi connectivity index (χ3v) is 3.83. The standard InChI is InChI=1S/C13H13ClFNO2/c14-7-1-3-10(15)9(5-7)13(17)16-11-6-8-2-4-12(11)18-8/h1,3,5,8,11-12H,2,4,6H2,(H,16,17). The van der Waals surface area contributed by atoms with E-state index in [1.807, 2.05) is 0 Å². The van der Waals surface area contributed by atoms with Crippen LogP contribution < -0.4 is 5.32 Å². The molecule has 1 N–H and O–H groups in total. The van der Waals surface area contributed by atoms with Crippen LogP contribution in [0.4, 0.5) is 4.39 Å². The molecule has 2 aliphatic heterocycles. The molecule has 0 saturated carbocycles. The Hall–Kier alpha value is -1.13. The number of hydrogen-bond donors (Lipinski definition) is 1. The summed E-state index contributed by atoms with van der Waals surface area (Å²) in [6.45, 7) is 0. The second-order valence-corrected chi connectivity index (χ2v) is 5.25. The van der Waals surface area contributed by atoms with Crippen molar-refractivity contribution in [2.45, 2.75) is 37.5 Å². The largest absolute Gasteiger partial charge is 0.373 e. The number of rotatable bonds is 2. The van der Waals surface area contributed by atoms with E-state index < -0.39 is 11.7 Å². The number of nitrogens with one attached hydrogen (secondary N) is 1. The van der Waals surface area contributed by atoms with Gasteiger partial charge in [-0.2, -0.15) is 0 Å². The molecule has 2 bridgehead atoms. The van der Waals surface area contributed by atoms with Crippen LogP contribution in [0.2, 0.25) is 5.02 Å². The highest BCUT2D eigenvalue weighted by atomic mass is 35.5. The van der Waals surface area contributed by atoms with Gasteiger partial charge in [-0.1, -0.05) is 11.6 Å². The molecule has 1 aromatic rings. The predicted octanol–water partition coefficient (Wildman–Crippen LogP) is 2.53. The summed E-state index contributed by atoms with van der Waals surface area (Å²) < 4.78 is 19.2. The van der Waals surface area contributed by atoms with Gasteiger partial charge in [0.15, 0.2) is 0 Å². The number of fused-ring (bicyclic) bond motifs is 2. The molecule has 2 saturated heterocycles. The molecule has 3 nitrogen and oxygen atoms in total. The third-order valence-electron chi connectivity index (χ3n) is 3.60. The highest BCUT2D eigenvalue weighted by molar-refractivity contribution is 6.31. The van der Waals surface area contributed by atoms with Crippen LogP contribution in [0.15, 0.2) is 18.2 Å². The van der Waals surface area contributed by atoms with Crippen LogP contribution in [0, 0.1) is 5.82 Å². The zero-order valence-electron chi connectivity index (χ0n) is 9.66. The van der Waals surface area contributed by atoms with E-state index in [1.54, 1.807) is 0 Å². The highest BCUT2D eigenvalue weighted by Gasteiger charge is 2.41. The van der Waals surface area contributed by atoms with E-state index in [2.05, 4.69) is 5.32 Å². The average molecular weight is 270 g/mol. The summed E-state index contributed by atoms with van der Waals surface area (Å²) in [6.07, 6.45) is 3.18. The average Bonchev–Trinajstić information content (AvgIpc) is 2.94. The SMILES string of the molecule is O=C(NC1CC2CCC1O2)c1cc(Cl)ccc1F. The molecule has 0 aromatic heterocycles. The minimum Gasteiger partial charge on any atom is -0.373 e. The van der Waals surface area contributed by atoms with Gasteiger partial charge >= 0.3 is 0 Å². The van der Waals surface area contributed by atoms with Crippen LogP contribution in [0.5, 0.6) is 0 Å². The Balaban J connectivity index is 1.73. The third kappa shape index (κ3) is 2.10. The molecule has 1 aromatic carbocycles. The minimum atomic E-state index is -0.555. The topological polar surface area (TPSA) is 38.3 Å². The fraction of sp³-hybridized carbons (Fsp3) is 0.462. The first-order valence-corrected chi connectivity index (χ1v) is 6.42. The van der Waals surface area contributed by atoms with Gasteiger partial charge in [-0.15, -0.1) is 0 Å². The van der Waals surface area contributed by atoms with Crippen molar-refractivity contribution < 1.29 is 13.9 Å². The fourth-order valence-corrected chi connectivity index (χ4v) is 2.88. The molecule has 3 unspecified atom stereocenters. The van der Waals surface area contributed by atoms with Gasteiger partial charge in [-0.05, 0) is 37.5 Å². The zero-order chi connectivity index (χ0) is 12.7. The van der Waals surface area contributed by atoms with Gasteiger partial charge < -0.3 is 10.1 Å². The molecule has 2 heterocycles. The molecule has 96 valence electrons. The quantitative estimate of drug-likeness (QED) is 0.896. The molecule has 0 spiro atoms. The van der Waals surface area contributed by atoms with Crippen LogP contribution in [-0.2, 0) is 4.74 Å². The van der Waals surface area contributed by atoms with E-state index in [-0.39, 0.29) is 23.8 Å². The van der Waals surface area contributed by atoms with Crippen molar-refractivity contribution in [1.82, 2.24) is 5.32 Å². The lowest BCUT2D eigenvalue weighted by molar-refractivity contribution is 0.0838. The molecule has 3 atom stereocenters. The summed E-state index contributed by atoms with van der Waals surface area (Å²) >= 11 is 5.77. The van der Waals surface area contributed by atoms with Gasteiger partial charge in [-0.25, -0.2) is 4.39 Å². The first-order chi connectivity index (χ1) is 8.63. The van der Waals surface area contributed by atoms with E-state index in [4.69, 9.17) is 16.3 Å². The summed E-state index contributed by atoms with van der Waals surface area (Å²) in [4.78, 5) is 12.0. The van der Waals surface area contributed by atoms with Gasteiger partial charge in [0.2, 0.25) is 0 Å². The maximum absolute atomic E-state index is 13.5. The summed E-state index contributed by atoms with van der Waals surface area (Å²) in [5, 5.41) is 3.18. The Labute approximate surface area is 109 Å². The molecule has 3 rings (SSSR count). The van der Waals surface area contributed by atoms with Crippen LogP contribution >= 0.6 is 11.6 Å². The number of ether oxygens (including phenoxy) is 1. The Morgan fingerprint density at radius 3 is 2.94 bits per heavy atom. The predicted molar refractivity (Wildman–Crippen MR) is 65.2 cm³/mol. The maximum Gasteiger partial charge on any atom is 0.254 e. The molecule has 1 amide bonds. The van der Waals surface area contributed by atoms with E-state index in [0.29, 0.717) is 5.02 Å². The lowest BCUT2D eigenvalue weighted by Gasteiger charge is -2.20. The maximum atomic E-state index is 13.5. The number of amides is 1. The first kappa shape index (κ1) is 11.9. The van der Waals surface area contributed by atoms with Gasteiger partial charge in [0.05, 0.1) is 23.8 Å². The van der Waals surface area contributed by atoms with Gasteiger partial charge in [0.1, 0.15) is 5.82 Å². The smallest absolute Gasteiger partial charge is 0.254 e. The van der Waals surface area contributed by atoms with Crippen molar-refractivity contribution >= 4 is 17.5 Å². The van der Waals surface area contributed by atoms with Crippen molar-refractivity contribution in [1.29, 1.82) is 0 Å². The Morgan fingerprint density at radius 1 is 1.44 bits per heavy atom. The molecule has 2 fully saturated rings. The van der Waals surface area contributed by atoms with Crippen LogP contribution in [0.1, 0.15) is 29.6 Å². The van der Waals surface area contributed by atoms with Crippen LogP contribution in [-0.4, -0.2) is 24.2 Å². The zero-order valence-corrected chi connectivity index (χ0v) is 10.4.